The third-order valence-corrected chi connectivity index (χ3v) is 18.2. The van der Waals surface area contributed by atoms with Crippen molar-refractivity contribution in [3.63, 3.8) is 0 Å². The molecule has 0 N–H and O–H groups in total. The first-order valence-corrected chi connectivity index (χ1v) is 15.7. The van der Waals surface area contributed by atoms with Crippen LogP contribution in [-0.2, 0) is 0 Å². The van der Waals surface area contributed by atoms with Crippen LogP contribution in [0.4, 0.5) is 0 Å². The second-order valence-electron chi connectivity index (χ2n) is 3.23. The first kappa shape index (κ1) is 5.31. The number of hydrogen-bond donors (Lipinski definition) is 0. The first-order chi connectivity index (χ1) is 2.47. The first-order valence-electron chi connectivity index (χ1n) is 2.13. The molecule has 6 heavy (non-hydrogen) atoms. The summed E-state index contributed by atoms with van der Waals surface area (Å²) in [5, 5.41) is 0. The summed E-state index contributed by atoms with van der Waals surface area (Å²) < 4.78 is 1.54. The van der Waals surface area contributed by atoms with Crippen LogP contribution in [0.2, 0.25) is 14.6 Å². The average molecular weight is 213 g/mol. The Labute approximate surface area is 43.1 Å². The van der Waals surface area contributed by atoms with E-state index >= 15 is 0 Å². The van der Waals surface area contributed by atoms with Gasteiger partial charge in [-0.3, -0.25) is 0 Å². The zero-order valence-corrected chi connectivity index (χ0v) is 7.93. The molecule has 0 spiro atoms. The van der Waals surface area contributed by atoms with Gasteiger partial charge >= 0.3 is 43.2 Å². The van der Waals surface area contributed by atoms with Crippen molar-refractivity contribution in [2.45, 2.75) is 14.6 Å². The molecule has 1 saturated heterocycles. The van der Waals surface area contributed by atoms with Gasteiger partial charge in [0.05, 0.1) is 0 Å². The summed E-state index contributed by atoms with van der Waals surface area (Å²) in [5.41, 5.74) is 0. The molecule has 38 valence electrons. The standard InChI is InChI=1S/CH2S.3CH3.Sb/c1-2;;;;/h1H2;3*1H3;/q-1;;;;+1. The Morgan fingerprint density at radius 3 is 1.50 bits per heavy atom. The van der Waals surface area contributed by atoms with E-state index in [1.165, 1.54) is 3.70 Å². The minimum absolute atomic E-state index is 1.52. The Hall–Kier alpha value is 1.17. The predicted molar refractivity (Wildman–Crippen MR) is 35.8 cm³/mol. The Balaban J connectivity index is 2.67. The number of rotatable bonds is 0. The van der Waals surface area contributed by atoms with E-state index in [-0.39, 0.29) is 0 Å². The fourth-order valence-corrected chi connectivity index (χ4v) is 23.4. The van der Waals surface area contributed by atoms with Gasteiger partial charge in [0.15, 0.2) is 0 Å². The molecule has 1 rings (SSSR count). The molecule has 0 nitrogen and oxygen atoms in total. The fraction of sp³-hybridized carbons (Fsp3) is 1.00. The van der Waals surface area contributed by atoms with Crippen molar-refractivity contribution in [2.75, 3.05) is 3.70 Å². The van der Waals surface area contributed by atoms with E-state index in [1.807, 2.05) is 0 Å². The van der Waals surface area contributed by atoms with Crippen LogP contribution in [0.5, 0.6) is 0 Å². The molecule has 0 unspecified atom stereocenters. The second kappa shape index (κ2) is 0.950. The zero-order valence-electron chi connectivity index (χ0n) is 4.56. The average Bonchev–Trinajstić information content (AvgIpc) is 1.73. The normalized spacial score (nSPS) is 42.8. The van der Waals surface area contributed by atoms with E-state index in [9.17, 15) is 0 Å². The van der Waals surface area contributed by atoms with Gasteiger partial charge in [-0.05, 0) is 0 Å². The van der Waals surface area contributed by atoms with Crippen LogP contribution in [0.1, 0.15) is 0 Å². The van der Waals surface area contributed by atoms with Crippen molar-refractivity contribution >= 4 is 24.8 Å². The summed E-state index contributed by atoms with van der Waals surface area (Å²) in [6.45, 7) is 0. The summed E-state index contributed by atoms with van der Waals surface area (Å²) in [6, 6.07) is 0. The van der Waals surface area contributed by atoms with Crippen LogP contribution in [0, 0.1) is 0 Å². The van der Waals surface area contributed by atoms with Crippen LogP contribution >= 0.6 is 8.85 Å². The molecule has 1 heterocycles. The van der Waals surface area contributed by atoms with Gasteiger partial charge in [0.2, 0.25) is 0 Å². The third kappa shape index (κ3) is 1.35. The number of hydrogen-bond acceptors (Lipinski definition) is 1. The van der Waals surface area contributed by atoms with Gasteiger partial charge in [0, 0.05) is 0 Å². The van der Waals surface area contributed by atoms with Crippen molar-refractivity contribution < 1.29 is 0 Å². The Morgan fingerprint density at radius 1 is 1.33 bits per heavy atom. The Morgan fingerprint density at radius 2 is 1.50 bits per heavy atom. The summed E-state index contributed by atoms with van der Waals surface area (Å²) in [6.07, 6.45) is 0. The summed E-state index contributed by atoms with van der Waals surface area (Å²) in [4.78, 5) is 7.45. The van der Waals surface area contributed by atoms with Gasteiger partial charge in [0.25, 0.3) is 0 Å². The van der Waals surface area contributed by atoms with Crippen LogP contribution in [-0.4, -0.2) is 19.7 Å². The van der Waals surface area contributed by atoms with Crippen molar-refractivity contribution in [3.8, 4) is 0 Å². The molecule has 2 heteroatoms. The maximum absolute atomic E-state index is 2.48. The molecule has 0 amide bonds. The molecular formula is C4H11SSb. The molecule has 0 bridgehead atoms. The SMILES string of the molecule is [CH3][Sb]1([CH3])([CH3])[CH2][S]1. The van der Waals surface area contributed by atoms with Gasteiger partial charge in [-0.1, -0.05) is 0 Å². The summed E-state index contributed by atoms with van der Waals surface area (Å²) >= 11 is -1.52. The third-order valence-electron chi connectivity index (χ3n) is 0.904. The van der Waals surface area contributed by atoms with Gasteiger partial charge in [0.1, 0.15) is 0 Å². The topological polar surface area (TPSA) is 0 Å². The molecule has 0 radical (unpaired) electrons. The molecule has 0 aromatic carbocycles. The molecule has 0 atom stereocenters. The molecule has 0 aromatic rings. The second-order valence-corrected chi connectivity index (χ2v) is 34.2. The molecule has 1 aliphatic heterocycles. The van der Waals surface area contributed by atoms with Crippen molar-refractivity contribution in [2.24, 2.45) is 0 Å². The molecular weight excluding hydrogens is 202 g/mol. The van der Waals surface area contributed by atoms with Gasteiger partial charge in [-0.25, -0.2) is 0 Å². The van der Waals surface area contributed by atoms with Gasteiger partial charge in [-0.15, -0.1) is 0 Å². The van der Waals surface area contributed by atoms with Crippen molar-refractivity contribution in [1.82, 2.24) is 0 Å². The van der Waals surface area contributed by atoms with Crippen LogP contribution in [0.15, 0.2) is 0 Å². The van der Waals surface area contributed by atoms with E-state index in [1.54, 1.807) is 0 Å². The zero-order chi connectivity index (χ0) is 4.86. The maximum atomic E-state index is 2.48. The quantitative estimate of drug-likeness (QED) is 0.438. The van der Waals surface area contributed by atoms with E-state index < -0.39 is 16.0 Å². The van der Waals surface area contributed by atoms with E-state index in [4.69, 9.17) is 0 Å². The fourth-order valence-electron chi connectivity index (χ4n) is 0.173. The van der Waals surface area contributed by atoms with E-state index in [0.29, 0.717) is 0 Å². The van der Waals surface area contributed by atoms with E-state index in [2.05, 4.69) is 23.5 Å². The summed E-state index contributed by atoms with van der Waals surface area (Å²) in [5.74, 6) is 0. The van der Waals surface area contributed by atoms with Crippen LogP contribution < -0.4 is 0 Å². The minimum atomic E-state index is -1.52. The molecule has 1 aliphatic rings. The van der Waals surface area contributed by atoms with Crippen molar-refractivity contribution in [1.29, 1.82) is 0 Å². The Bertz CT molecular complexity index is 71.3. The summed E-state index contributed by atoms with van der Waals surface area (Å²) in [7, 11) is 2.23. The molecule has 0 aliphatic carbocycles. The molecule has 0 aromatic heterocycles. The predicted octanol–water partition coefficient (Wildman–Crippen LogP) is 2.06. The monoisotopic (exact) mass is 212 g/mol. The van der Waals surface area contributed by atoms with Crippen LogP contribution in [0.3, 0.4) is 0 Å². The Kier molecular flexibility index (Phi) is 0.840. The molecule has 0 saturated carbocycles. The molecule has 1 fully saturated rings. The van der Waals surface area contributed by atoms with Gasteiger partial charge < -0.3 is 0 Å². The van der Waals surface area contributed by atoms with Crippen molar-refractivity contribution in [3.05, 3.63) is 0 Å². The van der Waals surface area contributed by atoms with Gasteiger partial charge in [-0.2, -0.15) is 0 Å². The van der Waals surface area contributed by atoms with E-state index in [0.717, 1.165) is 0 Å². The van der Waals surface area contributed by atoms with Crippen LogP contribution in [0.25, 0.3) is 0 Å².